The number of carbonyl (C=O) groups excluding carboxylic acids is 1. The fourth-order valence-corrected chi connectivity index (χ4v) is 3.09. The van der Waals surface area contributed by atoms with Gasteiger partial charge in [0.15, 0.2) is 0 Å². The molecule has 0 heterocycles. The summed E-state index contributed by atoms with van der Waals surface area (Å²) in [6, 6.07) is 12.2. The van der Waals surface area contributed by atoms with Crippen molar-refractivity contribution in [2.45, 2.75) is 38.6 Å². The number of hydrogen-bond donors (Lipinski definition) is 1. The van der Waals surface area contributed by atoms with Crippen molar-refractivity contribution in [2.75, 3.05) is 6.61 Å². The van der Waals surface area contributed by atoms with Crippen molar-refractivity contribution in [2.24, 2.45) is 0 Å². The van der Waals surface area contributed by atoms with Crippen molar-refractivity contribution in [1.82, 2.24) is 5.32 Å². The van der Waals surface area contributed by atoms with Gasteiger partial charge in [0.25, 0.3) is 5.91 Å². The predicted molar refractivity (Wildman–Crippen MR) is 84.8 cm³/mol. The molecule has 1 fully saturated rings. The van der Waals surface area contributed by atoms with E-state index in [1.807, 2.05) is 43.3 Å². The maximum Gasteiger partial charge on any atom is 0.255 e. The first-order valence-electron chi connectivity index (χ1n) is 7.75. The Morgan fingerprint density at radius 3 is 2.71 bits per heavy atom. The third-order valence-corrected chi connectivity index (χ3v) is 4.11. The molecular formula is C18H21NO2. The molecule has 0 aromatic heterocycles. The zero-order valence-electron chi connectivity index (χ0n) is 12.4. The average Bonchev–Trinajstić information content (AvgIpc) is 3.00. The second-order valence-corrected chi connectivity index (χ2v) is 5.55. The van der Waals surface area contributed by atoms with Crippen LogP contribution in [0.25, 0.3) is 10.8 Å². The van der Waals surface area contributed by atoms with Crippen molar-refractivity contribution >= 4 is 16.7 Å². The lowest BCUT2D eigenvalue weighted by molar-refractivity contribution is 0.0936. The highest BCUT2D eigenvalue weighted by molar-refractivity contribution is 6.09. The lowest BCUT2D eigenvalue weighted by Gasteiger charge is -2.16. The molecule has 3 nitrogen and oxygen atoms in total. The molecule has 1 saturated carbocycles. The molecule has 2 aromatic rings. The number of rotatable bonds is 4. The minimum absolute atomic E-state index is 0.0119. The molecule has 0 unspecified atom stereocenters. The van der Waals surface area contributed by atoms with Crippen molar-refractivity contribution in [3.63, 3.8) is 0 Å². The molecule has 3 rings (SSSR count). The Hall–Kier alpha value is -2.03. The maximum absolute atomic E-state index is 12.7. The molecule has 1 amide bonds. The van der Waals surface area contributed by atoms with Gasteiger partial charge in [0.05, 0.1) is 12.2 Å². The zero-order chi connectivity index (χ0) is 14.7. The lowest BCUT2D eigenvalue weighted by Crippen LogP contribution is -2.33. The van der Waals surface area contributed by atoms with Crippen LogP contribution in [0.3, 0.4) is 0 Å². The van der Waals surface area contributed by atoms with E-state index in [-0.39, 0.29) is 5.91 Å². The average molecular weight is 283 g/mol. The van der Waals surface area contributed by atoms with E-state index in [1.165, 1.54) is 12.8 Å². The Balaban J connectivity index is 2.00. The van der Waals surface area contributed by atoms with E-state index < -0.39 is 0 Å². The van der Waals surface area contributed by atoms with Gasteiger partial charge in [-0.25, -0.2) is 0 Å². The van der Waals surface area contributed by atoms with Gasteiger partial charge in [0, 0.05) is 6.04 Å². The van der Waals surface area contributed by atoms with Crippen LogP contribution < -0.4 is 10.1 Å². The van der Waals surface area contributed by atoms with Gasteiger partial charge in [-0.05, 0) is 36.6 Å². The molecule has 0 radical (unpaired) electrons. The Bertz CT molecular complexity index is 645. The monoisotopic (exact) mass is 283 g/mol. The summed E-state index contributed by atoms with van der Waals surface area (Å²) in [7, 11) is 0. The summed E-state index contributed by atoms with van der Waals surface area (Å²) in [5.74, 6) is 0.661. The van der Waals surface area contributed by atoms with Gasteiger partial charge >= 0.3 is 0 Å². The molecule has 0 saturated heterocycles. The third-order valence-electron chi connectivity index (χ3n) is 4.11. The number of nitrogens with one attached hydrogen (secondary N) is 1. The molecule has 110 valence electrons. The summed E-state index contributed by atoms with van der Waals surface area (Å²) in [6.07, 6.45) is 4.58. The molecule has 0 aliphatic heterocycles. The number of amides is 1. The second kappa shape index (κ2) is 6.17. The molecule has 0 spiro atoms. The predicted octanol–water partition coefficient (Wildman–Crippen LogP) is 3.91. The van der Waals surface area contributed by atoms with Crippen LogP contribution in [0.5, 0.6) is 5.75 Å². The number of benzene rings is 2. The first-order valence-corrected chi connectivity index (χ1v) is 7.75. The van der Waals surface area contributed by atoms with Gasteiger partial charge in [0.2, 0.25) is 0 Å². The first kappa shape index (κ1) is 13.9. The van der Waals surface area contributed by atoms with Crippen LogP contribution >= 0.6 is 0 Å². The highest BCUT2D eigenvalue weighted by Gasteiger charge is 2.21. The molecule has 1 aliphatic rings. The molecular weight excluding hydrogens is 262 g/mol. The summed E-state index contributed by atoms with van der Waals surface area (Å²) < 4.78 is 5.67. The molecule has 1 aliphatic carbocycles. The molecule has 2 aromatic carbocycles. The summed E-state index contributed by atoms with van der Waals surface area (Å²) in [6.45, 7) is 2.50. The topological polar surface area (TPSA) is 38.3 Å². The highest BCUT2D eigenvalue weighted by atomic mass is 16.5. The lowest BCUT2D eigenvalue weighted by atomic mass is 10.0. The summed E-state index contributed by atoms with van der Waals surface area (Å²) in [5.41, 5.74) is 0.668. The van der Waals surface area contributed by atoms with Gasteiger partial charge in [-0.3, -0.25) is 4.79 Å². The number of fused-ring (bicyclic) bond motifs is 1. The van der Waals surface area contributed by atoms with Crippen molar-refractivity contribution < 1.29 is 9.53 Å². The van der Waals surface area contributed by atoms with Crippen LogP contribution in [0.2, 0.25) is 0 Å². The Morgan fingerprint density at radius 1 is 1.19 bits per heavy atom. The minimum Gasteiger partial charge on any atom is -0.493 e. The second-order valence-electron chi connectivity index (χ2n) is 5.55. The molecule has 1 N–H and O–H groups in total. The number of carbonyl (C=O) groups is 1. The largest absolute Gasteiger partial charge is 0.493 e. The van der Waals surface area contributed by atoms with E-state index in [9.17, 15) is 4.79 Å². The van der Waals surface area contributed by atoms with E-state index in [1.54, 1.807) is 0 Å². The first-order chi connectivity index (χ1) is 10.3. The van der Waals surface area contributed by atoms with Crippen LogP contribution in [-0.4, -0.2) is 18.6 Å². The van der Waals surface area contributed by atoms with Crippen LogP contribution in [0.15, 0.2) is 36.4 Å². The zero-order valence-corrected chi connectivity index (χ0v) is 12.4. The van der Waals surface area contributed by atoms with Crippen LogP contribution in [0.1, 0.15) is 43.0 Å². The van der Waals surface area contributed by atoms with Gasteiger partial charge < -0.3 is 10.1 Å². The van der Waals surface area contributed by atoms with Gasteiger partial charge in [-0.2, -0.15) is 0 Å². The summed E-state index contributed by atoms with van der Waals surface area (Å²) in [5, 5.41) is 5.19. The Labute approximate surface area is 125 Å². The van der Waals surface area contributed by atoms with Crippen LogP contribution in [0, 0.1) is 0 Å². The molecule has 3 heteroatoms. The molecule has 0 atom stereocenters. The highest BCUT2D eigenvalue weighted by Crippen LogP contribution is 2.29. The van der Waals surface area contributed by atoms with E-state index >= 15 is 0 Å². The van der Waals surface area contributed by atoms with Gasteiger partial charge in [-0.15, -0.1) is 0 Å². The van der Waals surface area contributed by atoms with E-state index in [2.05, 4.69) is 5.32 Å². The Kier molecular flexibility index (Phi) is 4.09. The van der Waals surface area contributed by atoms with E-state index in [0.29, 0.717) is 24.0 Å². The fraction of sp³-hybridized carbons (Fsp3) is 0.389. The quantitative estimate of drug-likeness (QED) is 0.924. The van der Waals surface area contributed by atoms with Gasteiger partial charge in [0.1, 0.15) is 5.75 Å². The van der Waals surface area contributed by atoms with Crippen LogP contribution in [-0.2, 0) is 0 Å². The molecule has 0 bridgehead atoms. The molecule has 21 heavy (non-hydrogen) atoms. The van der Waals surface area contributed by atoms with Crippen LogP contribution in [0.4, 0.5) is 0 Å². The fourth-order valence-electron chi connectivity index (χ4n) is 3.09. The smallest absolute Gasteiger partial charge is 0.255 e. The number of hydrogen-bond acceptors (Lipinski definition) is 2. The SMILES string of the molecule is CCOc1ccc2ccccc2c1C(=O)NC1CCCC1. The van der Waals surface area contributed by atoms with E-state index in [0.717, 1.165) is 23.6 Å². The maximum atomic E-state index is 12.7. The van der Waals surface area contributed by atoms with Gasteiger partial charge in [-0.1, -0.05) is 43.2 Å². The number of ether oxygens (including phenoxy) is 1. The van der Waals surface area contributed by atoms with E-state index in [4.69, 9.17) is 4.74 Å². The summed E-state index contributed by atoms with van der Waals surface area (Å²) in [4.78, 5) is 12.7. The van der Waals surface area contributed by atoms with Crippen molar-refractivity contribution in [3.8, 4) is 5.75 Å². The van der Waals surface area contributed by atoms with Crippen molar-refractivity contribution in [3.05, 3.63) is 42.0 Å². The Morgan fingerprint density at radius 2 is 1.95 bits per heavy atom. The van der Waals surface area contributed by atoms with Crippen molar-refractivity contribution in [1.29, 1.82) is 0 Å². The third kappa shape index (κ3) is 2.87. The summed E-state index contributed by atoms with van der Waals surface area (Å²) >= 11 is 0. The normalized spacial score (nSPS) is 15.3. The minimum atomic E-state index is -0.0119. The standard InChI is InChI=1S/C18H21NO2/c1-2-21-16-12-11-13-7-3-6-10-15(13)17(16)18(20)19-14-8-4-5-9-14/h3,6-7,10-12,14H,2,4-5,8-9H2,1H3,(H,19,20).